The van der Waals surface area contributed by atoms with E-state index in [2.05, 4.69) is 28.5 Å². The van der Waals surface area contributed by atoms with Crippen molar-refractivity contribution in [3.8, 4) is 0 Å². The third-order valence-electron chi connectivity index (χ3n) is 1.96. The summed E-state index contributed by atoms with van der Waals surface area (Å²) in [6.07, 6.45) is 8.61. The summed E-state index contributed by atoms with van der Waals surface area (Å²) in [6.45, 7) is 3.21. The van der Waals surface area contributed by atoms with Gasteiger partial charge < -0.3 is 5.32 Å². The molecule has 0 aromatic carbocycles. The Bertz CT molecular complexity index is 240. The van der Waals surface area contributed by atoms with E-state index in [0.29, 0.717) is 6.04 Å². The molecule has 1 rings (SSSR count). The second-order valence-corrected chi connectivity index (χ2v) is 4.04. The molecule has 1 aromatic rings. The lowest BCUT2D eigenvalue weighted by molar-refractivity contribution is 0.574. The van der Waals surface area contributed by atoms with Gasteiger partial charge in [-0.05, 0) is 19.2 Å². The van der Waals surface area contributed by atoms with Gasteiger partial charge in [0.15, 0.2) is 0 Å². The topological polar surface area (TPSA) is 37.8 Å². The molecule has 0 radical (unpaired) electrons. The van der Waals surface area contributed by atoms with Gasteiger partial charge in [0.2, 0.25) is 0 Å². The van der Waals surface area contributed by atoms with Crippen molar-refractivity contribution in [1.29, 1.82) is 0 Å². The number of rotatable bonds is 6. The first kappa shape index (κ1) is 11.5. The molecule has 4 heteroatoms. The fraction of sp³-hybridized carbons (Fsp3) is 0.600. The first-order valence-electron chi connectivity index (χ1n) is 4.85. The Morgan fingerprint density at radius 1 is 1.43 bits per heavy atom. The van der Waals surface area contributed by atoms with Crippen LogP contribution in [0.3, 0.4) is 0 Å². The molecule has 1 heterocycles. The molecule has 0 spiro atoms. The Hall–Kier alpha value is -0.610. The summed E-state index contributed by atoms with van der Waals surface area (Å²) >= 11 is 1.84. The van der Waals surface area contributed by atoms with Gasteiger partial charge in [0.1, 0.15) is 6.33 Å². The third-order valence-corrected chi connectivity index (χ3v) is 2.62. The molecule has 1 N–H and O–H groups in total. The zero-order chi connectivity index (χ0) is 10.2. The highest BCUT2D eigenvalue weighted by Crippen LogP contribution is 2.14. The minimum Gasteiger partial charge on any atom is -0.309 e. The number of hydrogen-bond acceptors (Lipinski definition) is 4. The molecule has 14 heavy (non-hydrogen) atoms. The fourth-order valence-corrected chi connectivity index (χ4v) is 1.89. The van der Waals surface area contributed by atoms with E-state index in [4.69, 9.17) is 0 Å². The fourth-order valence-electron chi connectivity index (χ4n) is 1.25. The largest absolute Gasteiger partial charge is 0.309 e. The Morgan fingerprint density at radius 2 is 2.14 bits per heavy atom. The molecule has 0 amide bonds. The summed E-state index contributed by atoms with van der Waals surface area (Å²) < 4.78 is 0. The predicted molar refractivity (Wildman–Crippen MR) is 61.4 cm³/mol. The third kappa shape index (κ3) is 3.64. The average molecular weight is 211 g/mol. The van der Waals surface area contributed by atoms with Gasteiger partial charge in [-0.3, -0.25) is 0 Å². The SMILES string of the molecule is CCCNC(CSC)c1cncnc1. The van der Waals surface area contributed by atoms with Crippen LogP contribution in [0, 0.1) is 0 Å². The number of nitrogens with zero attached hydrogens (tertiary/aromatic N) is 2. The van der Waals surface area contributed by atoms with E-state index in [9.17, 15) is 0 Å². The molecule has 0 saturated carbocycles. The van der Waals surface area contributed by atoms with Crippen molar-refractivity contribution in [2.45, 2.75) is 19.4 Å². The van der Waals surface area contributed by atoms with Gasteiger partial charge in [0.25, 0.3) is 0 Å². The molecule has 0 aliphatic carbocycles. The molecule has 1 aromatic heterocycles. The van der Waals surface area contributed by atoms with Crippen LogP contribution in [-0.4, -0.2) is 28.5 Å². The van der Waals surface area contributed by atoms with E-state index in [0.717, 1.165) is 18.7 Å². The van der Waals surface area contributed by atoms with Crippen molar-refractivity contribution >= 4 is 11.8 Å². The van der Waals surface area contributed by atoms with Crippen molar-refractivity contribution in [2.24, 2.45) is 0 Å². The van der Waals surface area contributed by atoms with Crippen molar-refractivity contribution < 1.29 is 0 Å². The molecule has 0 aliphatic rings. The van der Waals surface area contributed by atoms with Crippen molar-refractivity contribution in [3.63, 3.8) is 0 Å². The molecule has 0 bridgehead atoms. The molecule has 3 nitrogen and oxygen atoms in total. The summed E-state index contributed by atoms with van der Waals surface area (Å²) in [5.41, 5.74) is 1.18. The van der Waals surface area contributed by atoms with Crippen LogP contribution < -0.4 is 5.32 Å². The van der Waals surface area contributed by atoms with E-state index in [1.54, 1.807) is 6.33 Å². The molecule has 0 saturated heterocycles. The van der Waals surface area contributed by atoms with Gasteiger partial charge in [-0.15, -0.1) is 0 Å². The Balaban J connectivity index is 2.58. The van der Waals surface area contributed by atoms with Crippen LogP contribution in [0.2, 0.25) is 0 Å². The Kier molecular flexibility index (Phi) is 5.56. The van der Waals surface area contributed by atoms with Crippen LogP contribution in [-0.2, 0) is 0 Å². The number of hydrogen-bond donors (Lipinski definition) is 1. The van der Waals surface area contributed by atoms with Crippen LogP contribution in [0.4, 0.5) is 0 Å². The van der Waals surface area contributed by atoms with E-state index < -0.39 is 0 Å². The molecule has 0 aliphatic heterocycles. The van der Waals surface area contributed by atoms with Crippen molar-refractivity contribution in [2.75, 3.05) is 18.6 Å². The lowest BCUT2D eigenvalue weighted by atomic mass is 10.2. The summed E-state index contributed by atoms with van der Waals surface area (Å²) in [7, 11) is 0. The second-order valence-electron chi connectivity index (χ2n) is 3.13. The van der Waals surface area contributed by atoms with Crippen LogP contribution >= 0.6 is 11.8 Å². The maximum absolute atomic E-state index is 4.04. The molecule has 78 valence electrons. The van der Waals surface area contributed by atoms with E-state index in [1.807, 2.05) is 24.2 Å². The normalized spacial score (nSPS) is 12.7. The standard InChI is InChI=1S/C10H17N3S/c1-3-4-13-10(7-14-2)9-5-11-8-12-6-9/h5-6,8,10,13H,3-4,7H2,1-2H3. The number of nitrogens with one attached hydrogen (secondary N) is 1. The molecular weight excluding hydrogens is 194 g/mol. The second kappa shape index (κ2) is 6.79. The predicted octanol–water partition coefficient (Wildman–Crippen LogP) is 1.88. The summed E-state index contributed by atoms with van der Waals surface area (Å²) in [6, 6.07) is 0.381. The van der Waals surface area contributed by atoms with E-state index in [1.165, 1.54) is 5.56 Å². The zero-order valence-corrected chi connectivity index (χ0v) is 9.55. The van der Waals surface area contributed by atoms with Gasteiger partial charge in [-0.1, -0.05) is 6.92 Å². The highest BCUT2D eigenvalue weighted by Gasteiger charge is 2.09. The molecule has 0 fully saturated rings. The monoisotopic (exact) mass is 211 g/mol. The van der Waals surface area contributed by atoms with Crippen LogP contribution in [0.5, 0.6) is 0 Å². The molecular formula is C10H17N3S. The minimum atomic E-state index is 0.381. The van der Waals surface area contributed by atoms with Gasteiger partial charge in [0.05, 0.1) is 0 Å². The van der Waals surface area contributed by atoms with E-state index in [-0.39, 0.29) is 0 Å². The first-order chi connectivity index (χ1) is 6.88. The summed E-state index contributed by atoms with van der Waals surface area (Å²) in [4.78, 5) is 8.07. The lowest BCUT2D eigenvalue weighted by Gasteiger charge is -2.16. The molecule has 1 unspecified atom stereocenters. The van der Waals surface area contributed by atoms with Gasteiger partial charge >= 0.3 is 0 Å². The van der Waals surface area contributed by atoms with Crippen molar-refractivity contribution in [1.82, 2.24) is 15.3 Å². The highest BCUT2D eigenvalue weighted by atomic mass is 32.2. The summed E-state index contributed by atoms with van der Waals surface area (Å²) in [5, 5.41) is 3.49. The Morgan fingerprint density at radius 3 is 2.71 bits per heavy atom. The van der Waals surface area contributed by atoms with Crippen LogP contribution in [0.1, 0.15) is 24.9 Å². The minimum absolute atomic E-state index is 0.381. The average Bonchev–Trinajstić information content (AvgIpc) is 2.25. The van der Waals surface area contributed by atoms with Gasteiger partial charge in [0, 0.05) is 29.8 Å². The summed E-state index contributed by atoms with van der Waals surface area (Å²) in [5.74, 6) is 1.06. The van der Waals surface area contributed by atoms with Gasteiger partial charge in [-0.2, -0.15) is 11.8 Å². The van der Waals surface area contributed by atoms with E-state index >= 15 is 0 Å². The number of aromatic nitrogens is 2. The highest BCUT2D eigenvalue weighted by molar-refractivity contribution is 7.98. The maximum Gasteiger partial charge on any atom is 0.115 e. The maximum atomic E-state index is 4.04. The zero-order valence-electron chi connectivity index (χ0n) is 8.73. The van der Waals surface area contributed by atoms with Crippen LogP contribution in [0.15, 0.2) is 18.7 Å². The quantitative estimate of drug-likeness (QED) is 0.779. The first-order valence-corrected chi connectivity index (χ1v) is 6.25. The Labute approximate surface area is 89.7 Å². The van der Waals surface area contributed by atoms with Crippen molar-refractivity contribution in [3.05, 3.63) is 24.3 Å². The van der Waals surface area contributed by atoms with Crippen LogP contribution in [0.25, 0.3) is 0 Å². The molecule has 1 atom stereocenters. The smallest absolute Gasteiger partial charge is 0.115 e. The van der Waals surface area contributed by atoms with Gasteiger partial charge in [-0.25, -0.2) is 9.97 Å². The number of thioether (sulfide) groups is 1. The lowest BCUT2D eigenvalue weighted by Crippen LogP contribution is -2.24.